The van der Waals surface area contributed by atoms with Crippen LogP contribution in [-0.2, 0) is 19.2 Å². The molecule has 0 saturated heterocycles. The lowest BCUT2D eigenvalue weighted by atomic mass is 9.90. The Kier molecular flexibility index (Phi) is 6.08. The van der Waals surface area contributed by atoms with Crippen LogP contribution in [0.3, 0.4) is 0 Å². The molecule has 1 saturated carbocycles. The van der Waals surface area contributed by atoms with Crippen molar-refractivity contribution in [3.63, 3.8) is 0 Å². The molecule has 7 nitrogen and oxygen atoms in total. The number of rotatable bonds is 7. The van der Waals surface area contributed by atoms with Gasteiger partial charge in [-0.25, -0.2) is 9.80 Å². The van der Waals surface area contributed by atoms with Crippen molar-refractivity contribution in [2.45, 2.75) is 58.9 Å². The first-order valence-corrected chi connectivity index (χ1v) is 7.44. The predicted molar refractivity (Wildman–Crippen MR) is 78.5 cm³/mol. The van der Waals surface area contributed by atoms with Gasteiger partial charge in [0.15, 0.2) is 6.04 Å². The van der Waals surface area contributed by atoms with E-state index in [9.17, 15) is 24.3 Å². The first-order valence-electron chi connectivity index (χ1n) is 7.44. The number of nitrogens with zero attached hydrogens (tertiary/aromatic N) is 1. The number of hydrogen-bond acceptors (Lipinski definition) is 4. The van der Waals surface area contributed by atoms with E-state index in [-0.39, 0.29) is 30.1 Å². The van der Waals surface area contributed by atoms with E-state index >= 15 is 0 Å². The molecular formula is C15H24N2O5. The highest BCUT2D eigenvalue weighted by atomic mass is 16.4. The van der Waals surface area contributed by atoms with Crippen molar-refractivity contribution >= 4 is 24.1 Å². The van der Waals surface area contributed by atoms with E-state index < -0.39 is 17.9 Å². The Morgan fingerprint density at radius 2 is 1.91 bits per heavy atom. The van der Waals surface area contributed by atoms with Crippen LogP contribution in [0, 0.1) is 11.3 Å². The van der Waals surface area contributed by atoms with Gasteiger partial charge in [0.2, 0.25) is 11.8 Å². The quantitative estimate of drug-likeness (QED) is 0.541. The fourth-order valence-corrected chi connectivity index (χ4v) is 1.88. The standard InChI is InChI=1S/C15H24N2O5/c1-15(2,3)8-6-12(19)17(11(7-9-18)14(21)22)16-13(20)10-4-5-10/h9-11H,4-8H2,1-3H3,(H,16,20)(H,21,22)/t11-/m0/s1. The minimum atomic E-state index is -1.37. The summed E-state index contributed by atoms with van der Waals surface area (Å²) in [7, 11) is 0. The molecule has 1 fully saturated rings. The molecule has 0 aromatic heterocycles. The SMILES string of the molecule is CC(C)(C)CCC(=O)N(NC(=O)C1CC1)[C@@H](CC=O)C(=O)O. The van der Waals surface area contributed by atoms with Gasteiger partial charge in [-0.05, 0) is 24.7 Å². The van der Waals surface area contributed by atoms with E-state index in [1.54, 1.807) is 0 Å². The summed E-state index contributed by atoms with van der Waals surface area (Å²) < 4.78 is 0. The van der Waals surface area contributed by atoms with Crippen LogP contribution < -0.4 is 5.43 Å². The zero-order chi connectivity index (χ0) is 16.9. The van der Waals surface area contributed by atoms with Crippen molar-refractivity contribution in [1.82, 2.24) is 10.4 Å². The molecule has 0 radical (unpaired) electrons. The van der Waals surface area contributed by atoms with Gasteiger partial charge in [-0.15, -0.1) is 0 Å². The lowest BCUT2D eigenvalue weighted by Crippen LogP contribution is -2.55. The lowest BCUT2D eigenvalue weighted by Gasteiger charge is -2.29. The molecule has 0 aromatic carbocycles. The van der Waals surface area contributed by atoms with Crippen molar-refractivity contribution < 1.29 is 24.3 Å². The molecule has 7 heteroatoms. The second-order valence-corrected chi connectivity index (χ2v) is 6.83. The zero-order valence-electron chi connectivity index (χ0n) is 13.3. The van der Waals surface area contributed by atoms with E-state index in [0.717, 1.165) is 17.9 Å². The summed E-state index contributed by atoms with van der Waals surface area (Å²) in [6.45, 7) is 5.90. The van der Waals surface area contributed by atoms with Crippen LogP contribution in [0.15, 0.2) is 0 Å². The Morgan fingerprint density at radius 1 is 1.32 bits per heavy atom. The molecule has 0 aliphatic heterocycles. The fraction of sp³-hybridized carbons (Fsp3) is 0.733. The number of nitrogens with one attached hydrogen (secondary N) is 1. The topological polar surface area (TPSA) is 104 Å². The normalized spacial score (nSPS) is 15.8. The number of carboxylic acids is 1. The van der Waals surface area contributed by atoms with Crippen LogP contribution in [0.1, 0.15) is 52.9 Å². The van der Waals surface area contributed by atoms with Gasteiger partial charge in [0.05, 0.1) is 0 Å². The number of aliphatic carboxylic acids is 1. The van der Waals surface area contributed by atoms with E-state index in [0.29, 0.717) is 12.7 Å². The summed E-state index contributed by atoms with van der Waals surface area (Å²) in [6.07, 6.45) is 2.21. The number of hydrazine groups is 1. The van der Waals surface area contributed by atoms with Crippen LogP contribution >= 0.6 is 0 Å². The molecule has 0 bridgehead atoms. The van der Waals surface area contributed by atoms with E-state index in [4.69, 9.17) is 0 Å². The molecule has 2 N–H and O–H groups in total. The number of carbonyl (C=O) groups is 4. The van der Waals surface area contributed by atoms with Gasteiger partial charge in [0, 0.05) is 18.8 Å². The first-order chi connectivity index (χ1) is 10.2. The average Bonchev–Trinajstić information content (AvgIpc) is 3.23. The molecule has 1 aliphatic rings. The molecule has 22 heavy (non-hydrogen) atoms. The second-order valence-electron chi connectivity index (χ2n) is 6.83. The average molecular weight is 312 g/mol. The van der Waals surface area contributed by atoms with Crippen LogP contribution in [0.5, 0.6) is 0 Å². The Hall–Kier alpha value is -1.92. The van der Waals surface area contributed by atoms with Crippen LogP contribution in [0.25, 0.3) is 0 Å². The first kappa shape index (κ1) is 18.1. The summed E-state index contributed by atoms with van der Waals surface area (Å²) in [4.78, 5) is 46.2. The Bertz CT molecular complexity index is 451. The van der Waals surface area contributed by atoms with Gasteiger partial charge in [0.1, 0.15) is 6.29 Å². The number of carbonyl (C=O) groups excluding carboxylic acids is 3. The number of hydrogen-bond donors (Lipinski definition) is 2. The largest absolute Gasteiger partial charge is 0.480 e. The summed E-state index contributed by atoms with van der Waals surface area (Å²) in [6, 6.07) is -1.37. The summed E-state index contributed by atoms with van der Waals surface area (Å²) in [5.74, 6) is -2.32. The maximum atomic E-state index is 12.3. The van der Waals surface area contributed by atoms with Crippen molar-refractivity contribution in [1.29, 1.82) is 0 Å². The highest BCUT2D eigenvalue weighted by Gasteiger charge is 2.36. The number of amides is 2. The van der Waals surface area contributed by atoms with Crippen molar-refractivity contribution in [2.75, 3.05) is 0 Å². The van der Waals surface area contributed by atoms with Gasteiger partial charge in [-0.2, -0.15) is 0 Å². The Balaban J connectivity index is 2.82. The second kappa shape index (κ2) is 7.38. The maximum Gasteiger partial charge on any atom is 0.329 e. The molecule has 0 aromatic rings. The third kappa shape index (κ3) is 5.83. The smallest absolute Gasteiger partial charge is 0.329 e. The van der Waals surface area contributed by atoms with Crippen molar-refractivity contribution in [3.8, 4) is 0 Å². The zero-order valence-corrected chi connectivity index (χ0v) is 13.3. The highest BCUT2D eigenvalue weighted by molar-refractivity contribution is 5.89. The third-order valence-electron chi connectivity index (χ3n) is 3.45. The van der Waals surface area contributed by atoms with Crippen LogP contribution in [0.4, 0.5) is 0 Å². The van der Waals surface area contributed by atoms with Crippen LogP contribution in [0.2, 0.25) is 0 Å². The molecule has 124 valence electrons. The number of aldehydes is 1. The van der Waals surface area contributed by atoms with Gasteiger partial charge >= 0.3 is 5.97 Å². The molecule has 1 aliphatic carbocycles. The molecule has 0 unspecified atom stereocenters. The minimum absolute atomic E-state index is 0.0921. The fourth-order valence-electron chi connectivity index (χ4n) is 1.88. The van der Waals surface area contributed by atoms with Gasteiger partial charge in [-0.1, -0.05) is 20.8 Å². The third-order valence-corrected chi connectivity index (χ3v) is 3.45. The van der Waals surface area contributed by atoms with E-state index in [1.807, 2.05) is 20.8 Å². The van der Waals surface area contributed by atoms with Crippen molar-refractivity contribution in [2.24, 2.45) is 11.3 Å². The molecule has 0 spiro atoms. The van der Waals surface area contributed by atoms with Gasteiger partial charge in [-0.3, -0.25) is 15.0 Å². The van der Waals surface area contributed by atoms with Crippen LogP contribution in [-0.4, -0.2) is 40.2 Å². The van der Waals surface area contributed by atoms with Gasteiger partial charge in [0.25, 0.3) is 0 Å². The summed E-state index contributed by atoms with van der Waals surface area (Å²) in [5.41, 5.74) is 2.29. The minimum Gasteiger partial charge on any atom is -0.480 e. The molecule has 0 heterocycles. The molecule has 2 amide bonds. The molecule has 1 rings (SSSR count). The highest BCUT2D eigenvalue weighted by Crippen LogP contribution is 2.29. The Morgan fingerprint density at radius 3 is 2.32 bits per heavy atom. The van der Waals surface area contributed by atoms with Crippen molar-refractivity contribution in [3.05, 3.63) is 0 Å². The summed E-state index contributed by atoms with van der Waals surface area (Å²) >= 11 is 0. The van der Waals surface area contributed by atoms with E-state index in [1.165, 1.54) is 0 Å². The monoisotopic (exact) mass is 312 g/mol. The molecular weight excluding hydrogens is 288 g/mol. The predicted octanol–water partition coefficient (Wildman–Crippen LogP) is 1.12. The van der Waals surface area contributed by atoms with E-state index in [2.05, 4.69) is 5.43 Å². The maximum absolute atomic E-state index is 12.3. The summed E-state index contributed by atoms with van der Waals surface area (Å²) in [5, 5.41) is 10.0. The Labute approximate surface area is 130 Å². The van der Waals surface area contributed by atoms with Gasteiger partial charge < -0.3 is 9.90 Å². The molecule has 1 atom stereocenters. The number of carboxylic acid groups (broad SMARTS) is 1. The lowest BCUT2D eigenvalue weighted by molar-refractivity contribution is -0.157.